The van der Waals surface area contributed by atoms with Crippen molar-refractivity contribution in [1.29, 1.82) is 0 Å². The molecule has 0 fully saturated rings. The molecule has 2 bridgehead atoms. The van der Waals surface area contributed by atoms with Gasteiger partial charge in [0.25, 0.3) is 5.91 Å². The number of carbonyl (C=O) groups is 1. The summed E-state index contributed by atoms with van der Waals surface area (Å²) in [6, 6.07) is 0. The van der Waals surface area contributed by atoms with E-state index in [-0.39, 0.29) is 29.4 Å². The van der Waals surface area contributed by atoms with Crippen molar-refractivity contribution >= 4 is 56.0 Å². The summed E-state index contributed by atoms with van der Waals surface area (Å²) in [6.07, 6.45) is 12.4. The summed E-state index contributed by atoms with van der Waals surface area (Å²) < 4.78 is 0. The van der Waals surface area contributed by atoms with Crippen molar-refractivity contribution in [3.63, 3.8) is 0 Å². The van der Waals surface area contributed by atoms with Gasteiger partial charge in [-0.25, -0.2) is 9.98 Å². The average Bonchev–Trinajstić information content (AvgIpc) is 3.25. The molecule has 0 spiro atoms. The maximum atomic E-state index is 12.4. The molecule has 12 heteroatoms. The van der Waals surface area contributed by atoms with Gasteiger partial charge < -0.3 is 16.8 Å². The molecule has 1 heterocycles. The molecule has 1 unspecified atom stereocenters. The number of allylic oxidation sites excluding steroid dienone is 9. The lowest BCUT2D eigenvalue weighted by molar-refractivity contribution is -0.116. The molecule has 194 valence electrons. The Labute approximate surface area is 228 Å². The molecule has 3 aliphatic rings. The van der Waals surface area contributed by atoms with Crippen LogP contribution in [0, 0.1) is 0 Å². The minimum absolute atomic E-state index is 0.00684. The fourth-order valence-electron chi connectivity index (χ4n) is 3.59. The SMILES string of the molecule is C=C(Cl)/C(N)=N\C(N)=N/CNCC1=NC2=C(P)C=CC(Cl)=C(C2)C(=C)N1C1=CCC=CC(C(=O)NC)=C1. The van der Waals surface area contributed by atoms with Crippen LogP contribution in [0.3, 0.4) is 0 Å². The van der Waals surface area contributed by atoms with Gasteiger partial charge in [-0.3, -0.25) is 15.0 Å². The Morgan fingerprint density at radius 3 is 2.78 bits per heavy atom. The monoisotopic (exact) mass is 558 g/mol. The number of halogens is 2. The third-order valence-electron chi connectivity index (χ3n) is 5.48. The molecule has 3 rings (SSSR count). The zero-order chi connectivity index (χ0) is 27.1. The molecule has 0 saturated carbocycles. The Morgan fingerprint density at radius 1 is 1.32 bits per heavy atom. The Morgan fingerprint density at radius 2 is 2.08 bits per heavy atom. The second-order valence-electron chi connectivity index (χ2n) is 8.00. The Bertz CT molecular complexity index is 1300. The van der Waals surface area contributed by atoms with E-state index >= 15 is 0 Å². The number of rotatable bonds is 7. The fourth-order valence-corrected chi connectivity index (χ4v) is 4.14. The van der Waals surface area contributed by atoms with Crippen molar-refractivity contribution in [3.8, 4) is 0 Å². The topological polar surface area (TPSA) is 133 Å². The van der Waals surface area contributed by atoms with E-state index in [1.807, 2.05) is 29.2 Å². The van der Waals surface area contributed by atoms with E-state index in [1.165, 1.54) is 0 Å². The number of nitrogens with one attached hydrogen (secondary N) is 2. The lowest BCUT2D eigenvalue weighted by Gasteiger charge is -2.29. The number of nitrogens with two attached hydrogens (primary N) is 2. The zero-order valence-corrected chi connectivity index (χ0v) is 23.1. The van der Waals surface area contributed by atoms with Gasteiger partial charge in [0.05, 0.1) is 23.9 Å². The van der Waals surface area contributed by atoms with E-state index in [0.717, 1.165) is 22.3 Å². The lowest BCUT2D eigenvalue weighted by atomic mass is 10.1. The highest BCUT2D eigenvalue weighted by molar-refractivity contribution is 7.23. The number of aliphatic imine (C=N–C) groups is 3. The first kappa shape index (κ1) is 28.3. The van der Waals surface area contributed by atoms with Crippen LogP contribution in [0.4, 0.5) is 0 Å². The second kappa shape index (κ2) is 12.8. The number of fused-ring (bicyclic) bond motifs is 2. The fraction of sp³-hybridized carbons (Fsp3) is 0.200. The van der Waals surface area contributed by atoms with Crippen molar-refractivity contribution in [1.82, 2.24) is 15.5 Å². The molecule has 1 aliphatic heterocycles. The molecule has 37 heavy (non-hydrogen) atoms. The maximum absolute atomic E-state index is 12.4. The highest BCUT2D eigenvalue weighted by atomic mass is 35.5. The van der Waals surface area contributed by atoms with Crippen LogP contribution in [-0.4, -0.2) is 48.7 Å². The van der Waals surface area contributed by atoms with Gasteiger partial charge in [0.2, 0.25) is 5.96 Å². The molecule has 0 aromatic rings. The Balaban J connectivity index is 1.99. The van der Waals surface area contributed by atoms with E-state index in [4.69, 9.17) is 39.7 Å². The highest BCUT2D eigenvalue weighted by Gasteiger charge is 2.28. The number of guanidine groups is 1. The summed E-state index contributed by atoms with van der Waals surface area (Å²) in [4.78, 5) is 27.4. The van der Waals surface area contributed by atoms with Crippen LogP contribution in [0.15, 0.2) is 108 Å². The van der Waals surface area contributed by atoms with Gasteiger partial charge in [-0.05, 0) is 23.9 Å². The molecule has 0 saturated heterocycles. The summed E-state index contributed by atoms with van der Waals surface area (Å²) in [5.41, 5.74) is 15.0. The van der Waals surface area contributed by atoms with Crippen LogP contribution < -0.4 is 22.1 Å². The minimum atomic E-state index is -0.198. The highest BCUT2D eigenvalue weighted by Crippen LogP contribution is 2.38. The van der Waals surface area contributed by atoms with E-state index in [0.29, 0.717) is 41.5 Å². The second-order valence-corrected chi connectivity index (χ2v) is 9.48. The van der Waals surface area contributed by atoms with Gasteiger partial charge in [0, 0.05) is 41.0 Å². The predicted octanol–water partition coefficient (Wildman–Crippen LogP) is 3.24. The molecule has 1 amide bonds. The number of likely N-dealkylation sites (N-methyl/N-ethyl adjacent to an activating group) is 1. The van der Waals surface area contributed by atoms with E-state index in [1.54, 1.807) is 19.2 Å². The van der Waals surface area contributed by atoms with Gasteiger partial charge >= 0.3 is 0 Å². The third kappa shape index (κ3) is 7.17. The quantitative estimate of drug-likeness (QED) is 0.165. The average molecular weight is 559 g/mol. The van der Waals surface area contributed by atoms with Crippen molar-refractivity contribution in [3.05, 3.63) is 93.2 Å². The first-order valence-electron chi connectivity index (χ1n) is 11.2. The van der Waals surface area contributed by atoms with Crippen LogP contribution >= 0.6 is 32.4 Å². The molecule has 0 aromatic heterocycles. The standard InChI is InChI=1S/C25H29Cl2N8OP/c1-14(26)23(28)34-25(29)32-13-31-12-22-33-20-11-18(19(27)8-9-21(20)37)15(2)35(22)17-7-5-4-6-16(10-17)24(36)30-3/h4,6-10,31H,1-2,5,11-13,37H2,3H3,(H,30,36)(H4,28,29,32,34). The Hall–Kier alpha value is -3.23. The molecule has 0 aromatic carbocycles. The third-order valence-corrected chi connectivity index (χ3v) is 6.55. The minimum Gasteiger partial charge on any atom is -0.382 e. The van der Waals surface area contributed by atoms with Crippen LogP contribution in [0.5, 0.6) is 0 Å². The first-order chi connectivity index (χ1) is 17.6. The number of nitrogens with zero attached hydrogens (tertiary/aromatic N) is 4. The first-order valence-corrected chi connectivity index (χ1v) is 12.6. The van der Waals surface area contributed by atoms with Gasteiger partial charge in [-0.2, -0.15) is 4.99 Å². The largest absolute Gasteiger partial charge is 0.382 e. The van der Waals surface area contributed by atoms with Crippen LogP contribution in [0.2, 0.25) is 0 Å². The summed E-state index contributed by atoms with van der Waals surface area (Å²) in [6.45, 7) is 8.29. The number of amides is 1. The lowest BCUT2D eigenvalue weighted by Crippen LogP contribution is -2.37. The predicted molar refractivity (Wildman–Crippen MR) is 157 cm³/mol. The summed E-state index contributed by atoms with van der Waals surface area (Å²) in [5.74, 6) is 0.390. The molecular weight excluding hydrogens is 530 g/mol. The van der Waals surface area contributed by atoms with Gasteiger partial charge in [-0.1, -0.05) is 60.7 Å². The van der Waals surface area contributed by atoms with Crippen LogP contribution in [0.1, 0.15) is 12.8 Å². The van der Waals surface area contributed by atoms with Crippen molar-refractivity contribution in [2.75, 3.05) is 20.3 Å². The van der Waals surface area contributed by atoms with E-state index < -0.39 is 0 Å². The number of amidine groups is 2. The zero-order valence-electron chi connectivity index (χ0n) is 20.4. The molecule has 2 aliphatic carbocycles. The maximum Gasteiger partial charge on any atom is 0.251 e. The van der Waals surface area contributed by atoms with Crippen LogP contribution in [0.25, 0.3) is 0 Å². The number of hydrogen-bond donors (Lipinski definition) is 4. The van der Waals surface area contributed by atoms with E-state index in [2.05, 4.69) is 43.0 Å². The summed E-state index contributed by atoms with van der Waals surface area (Å²) in [5, 5.41) is 7.44. The van der Waals surface area contributed by atoms with Gasteiger partial charge in [-0.15, -0.1) is 9.24 Å². The van der Waals surface area contributed by atoms with Crippen molar-refractivity contribution < 1.29 is 4.79 Å². The van der Waals surface area contributed by atoms with Gasteiger partial charge in [0.15, 0.2) is 0 Å². The Kier molecular flexibility index (Phi) is 9.83. The number of carbonyl (C=O) groups excluding carboxylic acids is 1. The van der Waals surface area contributed by atoms with Crippen molar-refractivity contribution in [2.45, 2.75) is 12.8 Å². The molecular formula is C25H29Cl2N8OP. The summed E-state index contributed by atoms with van der Waals surface area (Å²) >= 11 is 12.4. The summed E-state index contributed by atoms with van der Waals surface area (Å²) in [7, 11) is 4.30. The van der Waals surface area contributed by atoms with E-state index in [9.17, 15) is 4.79 Å². The normalized spacial score (nSPS) is 18.6. The molecule has 9 nitrogen and oxygen atoms in total. The number of hydrogen-bond acceptors (Lipinski definition) is 5. The molecule has 1 atom stereocenters. The molecule has 0 radical (unpaired) electrons. The van der Waals surface area contributed by atoms with Crippen LogP contribution in [-0.2, 0) is 4.79 Å². The van der Waals surface area contributed by atoms with Gasteiger partial charge in [0.1, 0.15) is 11.7 Å². The smallest absolute Gasteiger partial charge is 0.251 e. The molecule has 6 N–H and O–H groups in total. The van der Waals surface area contributed by atoms with Crippen molar-refractivity contribution in [2.24, 2.45) is 26.4 Å².